The molecule has 0 bridgehead atoms. The molecular weight excluding hydrogens is 540 g/mol. The minimum atomic E-state index is -1.15. The highest BCUT2D eigenvalue weighted by molar-refractivity contribution is 9.10. The Bertz CT molecular complexity index is 1110. The molecule has 0 spiro atoms. The summed E-state index contributed by atoms with van der Waals surface area (Å²) in [5, 5.41) is 25.2. The fourth-order valence-corrected chi connectivity index (χ4v) is 6.92. The molecule has 4 rings (SSSR count). The molecule has 3 atom stereocenters. The second-order valence-corrected chi connectivity index (χ2v) is 11.6. The van der Waals surface area contributed by atoms with E-state index in [-0.39, 0.29) is 11.6 Å². The number of carboxylic acids is 1. The van der Waals surface area contributed by atoms with E-state index in [2.05, 4.69) is 36.5 Å². The van der Waals surface area contributed by atoms with Crippen LogP contribution < -0.4 is 5.32 Å². The highest BCUT2D eigenvalue weighted by Gasteiger charge is 2.54. The van der Waals surface area contributed by atoms with Crippen molar-refractivity contribution in [3.8, 4) is 0 Å². The number of nitrogens with one attached hydrogen (secondary N) is 1. The van der Waals surface area contributed by atoms with Gasteiger partial charge in [-0.3, -0.25) is 19.2 Å². The van der Waals surface area contributed by atoms with E-state index >= 15 is 0 Å². The van der Waals surface area contributed by atoms with Crippen LogP contribution in [0.5, 0.6) is 0 Å². The van der Waals surface area contributed by atoms with E-state index in [9.17, 15) is 19.5 Å². The molecular formula is C18H19BrN6O4S3. The summed E-state index contributed by atoms with van der Waals surface area (Å²) in [6.45, 7) is 5.36. The lowest BCUT2D eigenvalue weighted by molar-refractivity contribution is -0.151. The molecule has 0 saturated carbocycles. The number of carbonyl (C=O) groups excluding carboxylic acids is 2. The molecule has 2 aliphatic heterocycles. The van der Waals surface area contributed by atoms with Crippen molar-refractivity contribution in [3.05, 3.63) is 32.6 Å². The molecule has 10 nitrogen and oxygen atoms in total. The number of halogens is 1. The average Bonchev–Trinajstić information content (AvgIpc) is 3.33. The van der Waals surface area contributed by atoms with E-state index in [1.54, 1.807) is 13.1 Å². The summed E-state index contributed by atoms with van der Waals surface area (Å²) in [7, 11) is 0. The maximum absolute atomic E-state index is 12.8. The Morgan fingerprint density at radius 1 is 1.41 bits per heavy atom. The van der Waals surface area contributed by atoms with E-state index in [0.29, 0.717) is 17.1 Å². The lowest BCUT2D eigenvalue weighted by Gasteiger charge is -2.49. The summed E-state index contributed by atoms with van der Waals surface area (Å²) in [5.41, 5.74) is 1.40. The van der Waals surface area contributed by atoms with Gasteiger partial charge in [0, 0.05) is 17.7 Å². The van der Waals surface area contributed by atoms with Gasteiger partial charge >= 0.3 is 5.97 Å². The Balaban J connectivity index is 1.45. The van der Waals surface area contributed by atoms with Gasteiger partial charge in [0.05, 0.1) is 10.2 Å². The van der Waals surface area contributed by atoms with Gasteiger partial charge < -0.3 is 10.4 Å². The molecule has 2 aliphatic rings. The first kappa shape index (κ1) is 23.3. The third-order valence-corrected chi connectivity index (χ3v) is 9.23. The van der Waals surface area contributed by atoms with Crippen molar-refractivity contribution in [2.24, 2.45) is 0 Å². The molecule has 0 aromatic carbocycles. The van der Waals surface area contributed by atoms with Gasteiger partial charge in [0.2, 0.25) is 5.91 Å². The molecule has 2 amide bonds. The second kappa shape index (κ2) is 9.15. The van der Waals surface area contributed by atoms with Crippen LogP contribution in [-0.4, -0.2) is 70.7 Å². The SMILES string of the molecule is Cc1nnc(SCC2=C(C(=O)O)N3C(=O)C(NC(=O)C(C)n4cc(Br)c(C)n4)C3SC2)s1. The predicted molar refractivity (Wildman–Crippen MR) is 124 cm³/mol. The second-order valence-electron chi connectivity index (χ2n) is 7.25. The van der Waals surface area contributed by atoms with Gasteiger partial charge in [0.25, 0.3) is 5.91 Å². The van der Waals surface area contributed by atoms with Crippen molar-refractivity contribution >= 4 is 68.6 Å². The first-order valence-corrected chi connectivity index (χ1v) is 13.2. The summed E-state index contributed by atoms with van der Waals surface area (Å²) < 4.78 is 3.06. The van der Waals surface area contributed by atoms with Gasteiger partial charge in [-0.15, -0.1) is 22.0 Å². The first-order valence-electron chi connectivity index (χ1n) is 9.52. The topological polar surface area (TPSA) is 130 Å². The van der Waals surface area contributed by atoms with Crippen molar-refractivity contribution in [3.63, 3.8) is 0 Å². The number of nitrogens with zero attached hydrogens (tertiary/aromatic N) is 5. The van der Waals surface area contributed by atoms with Crippen LogP contribution >= 0.6 is 50.8 Å². The lowest BCUT2D eigenvalue weighted by Crippen LogP contribution is -2.71. The molecule has 32 heavy (non-hydrogen) atoms. The molecule has 4 heterocycles. The minimum absolute atomic E-state index is 0.00216. The Morgan fingerprint density at radius 2 is 2.16 bits per heavy atom. The number of aliphatic carboxylic acids is 1. The van der Waals surface area contributed by atoms with Crippen LogP contribution in [-0.2, 0) is 14.4 Å². The third-order valence-electron chi connectivity index (χ3n) is 5.06. The summed E-state index contributed by atoms with van der Waals surface area (Å²) in [5.74, 6) is -1.07. The van der Waals surface area contributed by atoms with E-state index in [0.717, 1.165) is 19.5 Å². The van der Waals surface area contributed by atoms with Crippen molar-refractivity contribution in [1.82, 2.24) is 30.2 Å². The zero-order valence-electron chi connectivity index (χ0n) is 17.2. The molecule has 2 N–H and O–H groups in total. The summed E-state index contributed by atoms with van der Waals surface area (Å²) in [6.07, 6.45) is 1.71. The zero-order valence-corrected chi connectivity index (χ0v) is 21.3. The van der Waals surface area contributed by atoms with Gasteiger partial charge in [0.15, 0.2) is 4.34 Å². The zero-order chi connectivity index (χ0) is 23.2. The van der Waals surface area contributed by atoms with Crippen LogP contribution in [0.25, 0.3) is 0 Å². The molecule has 2 aromatic heterocycles. The molecule has 1 saturated heterocycles. The number of aryl methyl sites for hydroxylation is 2. The van der Waals surface area contributed by atoms with Gasteiger partial charge in [-0.25, -0.2) is 4.79 Å². The van der Waals surface area contributed by atoms with Crippen LogP contribution in [0.1, 0.15) is 23.7 Å². The Kier molecular flexibility index (Phi) is 6.66. The number of hydrogen-bond acceptors (Lipinski definition) is 9. The van der Waals surface area contributed by atoms with Crippen LogP contribution in [0, 0.1) is 13.8 Å². The lowest BCUT2D eigenvalue weighted by atomic mass is 10.0. The number of hydrogen-bond donors (Lipinski definition) is 2. The third kappa shape index (κ3) is 4.32. The van der Waals surface area contributed by atoms with Crippen molar-refractivity contribution in [2.75, 3.05) is 11.5 Å². The molecule has 170 valence electrons. The maximum Gasteiger partial charge on any atom is 0.352 e. The number of rotatable bonds is 7. The number of thioether (sulfide) groups is 2. The molecule has 0 aliphatic carbocycles. The summed E-state index contributed by atoms with van der Waals surface area (Å²) >= 11 is 7.65. The quantitative estimate of drug-likeness (QED) is 0.387. The summed E-state index contributed by atoms with van der Waals surface area (Å²) in [6, 6.07) is -1.39. The number of amides is 2. The van der Waals surface area contributed by atoms with Gasteiger partial charge in [-0.05, 0) is 42.3 Å². The largest absolute Gasteiger partial charge is 0.477 e. The van der Waals surface area contributed by atoms with Crippen LogP contribution in [0.15, 0.2) is 26.3 Å². The van der Waals surface area contributed by atoms with Gasteiger partial charge in [0.1, 0.15) is 28.2 Å². The fraction of sp³-hybridized carbons (Fsp3) is 0.444. The summed E-state index contributed by atoms with van der Waals surface area (Å²) in [4.78, 5) is 38.8. The van der Waals surface area contributed by atoms with E-state index in [4.69, 9.17) is 0 Å². The molecule has 0 radical (unpaired) electrons. The standard InChI is InChI=1S/C18H19BrN6O4S3/c1-7-11(19)4-24(23-7)8(2)14(26)20-12-15(27)25-13(17(28)29)10(5-30-16(12)25)6-31-18-22-21-9(3)32-18/h4,8,12,16H,5-6H2,1-3H3,(H,20,26)(H,28,29). The fourth-order valence-electron chi connectivity index (χ4n) is 3.33. The highest BCUT2D eigenvalue weighted by atomic mass is 79.9. The Hall–Kier alpha value is -1.90. The van der Waals surface area contributed by atoms with Crippen LogP contribution in [0.4, 0.5) is 0 Å². The predicted octanol–water partition coefficient (Wildman–Crippen LogP) is 2.21. The number of aromatic nitrogens is 4. The van der Waals surface area contributed by atoms with Crippen LogP contribution in [0.2, 0.25) is 0 Å². The monoisotopic (exact) mass is 558 g/mol. The Labute approximate surface area is 204 Å². The van der Waals surface area contributed by atoms with Gasteiger partial charge in [-0.2, -0.15) is 5.10 Å². The van der Waals surface area contributed by atoms with E-state index in [1.807, 2.05) is 13.8 Å². The molecule has 2 aromatic rings. The van der Waals surface area contributed by atoms with Crippen molar-refractivity contribution in [2.45, 2.75) is 42.6 Å². The number of β-lactam (4-membered cyclic amide) rings is 1. The number of carboxylic acid groups (broad SMARTS) is 1. The smallest absolute Gasteiger partial charge is 0.352 e. The van der Waals surface area contributed by atoms with E-state index in [1.165, 1.54) is 44.4 Å². The minimum Gasteiger partial charge on any atom is -0.477 e. The Morgan fingerprint density at radius 3 is 2.75 bits per heavy atom. The number of carbonyl (C=O) groups is 3. The molecule has 3 unspecified atom stereocenters. The average molecular weight is 559 g/mol. The molecule has 1 fully saturated rings. The van der Waals surface area contributed by atoms with E-state index < -0.39 is 29.3 Å². The normalized spacial score (nSPS) is 21.2. The van der Waals surface area contributed by atoms with Crippen molar-refractivity contribution in [1.29, 1.82) is 0 Å². The maximum atomic E-state index is 12.8. The molecule has 14 heteroatoms. The van der Waals surface area contributed by atoms with Crippen LogP contribution in [0.3, 0.4) is 0 Å². The van der Waals surface area contributed by atoms with Crippen molar-refractivity contribution < 1.29 is 19.5 Å². The highest BCUT2D eigenvalue weighted by Crippen LogP contribution is 2.42. The first-order chi connectivity index (χ1) is 15.2. The number of fused-ring (bicyclic) bond motifs is 1. The van der Waals surface area contributed by atoms with Gasteiger partial charge in [-0.1, -0.05) is 23.1 Å².